The third kappa shape index (κ3) is 2.57. The molecule has 1 aromatic carbocycles. The van der Waals surface area contributed by atoms with Crippen molar-refractivity contribution in [3.8, 4) is 0 Å². The van der Waals surface area contributed by atoms with Gasteiger partial charge in [0.05, 0.1) is 0 Å². The molecule has 0 fully saturated rings. The second-order valence-corrected chi connectivity index (χ2v) is 5.21. The van der Waals surface area contributed by atoms with Crippen molar-refractivity contribution >= 4 is 31.9 Å². The van der Waals surface area contributed by atoms with Crippen LogP contribution in [0.1, 0.15) is 19.4 Å². The fourth-order valence-electron chi connectivity index (χ4n) is 0.926. The third-order valence-electron chi connectivity index (χ3n) is 1.61. The minimum absolute atomic E-state index is 0.285. The first-order valence-corrected chi connectivity index (χ1v) is 5.23. The highest BCUT2D eigenvalue weighted by Gasteiger charge is 2.14. The summed E-state index contributed by atoms with van der Waals surface area (Å²) in [4.78, 5) is 0. The Hall–Kier alpha value is 0.140. The third-order valence-corrected chi connectivity index (χ3v) is 2.52. The summed E-state index contributed by atoms with van der Waals surface area (Å²) in [5, 5.41) is 0. The molecule has 0 aliphatic heterocycles. The fourth-order valence-corrected chi connectivity index (χ4v) is 2.22. The van der Waals surface area contributed by atoms with E-state index in [0.717, 1.165) is 14.5 Å². The summed E-state index contributed by atoms with van der Waals surface area (Å²) in [6, 6.07) is 6.06. The van der Waals surface area contributed by atoms with Gasteiger partial charge in [0.2, 0.25) is 0 Å². The van der Waals surface area contributed by atoms with Crippen LogP contribution in [0.2, 0.25) is 0 Å². The molecule has 3 heteroatoms. The second kappa shape index (κ2) is 3.48. The van der Waals surface area contributed by atoms with Gasteiger partial charge in [-0.2, -0.15) is 0 Å². The average Bonchev–Trinajstić information content (AvgIpc) is 1.82. The molecule has 66 valence electrons. The van der Waals surface area contributed by atoms with Gasteiger partial charge in [-0.1, -0.05) is 31.9 Å². The first kappa shape index (κ1) is 10.2. The zero-order chi connectivity index (χ0) is 9.35. The van der Waals surface area contributed by atoms with Crippen LogP contribution < -0.4 is 5.73 Å². The summed E-state index contributed by atoms with van der Waals surface area (Å²) in [6.45, 7) is 3.97. The molecule has 0 aromatic heterocycles. The molecule has 0 spiro atoms. The van der Waals surface area contributed by atoms with Gasteiger partial charge in [-0.3, -0.25) is 0 Å². The largest absolute Gasteiger partial charge is 0.322 e. The molecule has 0 saturated carbocycles. The Morgan fingerprint density at radius 1 is 1.08 bits per heavy atom. The molecule has 2 N–H and O–H groups in total. The molecule has 0 saturated heterocycles. The van der Waals surface area contributed by atoms with Gasteiger partial charge in [-0.15, -0.1) is 0 Å². The van der Waals surface area contributed by atoms with Crippen LogP contribution in [-0.2, 0) is 5.54 Å². The van der Waals surface area contributed by atoms with Crippen molar-refractivity contribution in [1.82, 2.24) is 0 Å². The number of rotatable bonds is 1. The van der Waals surface area contributed by atoms with E-state index in [-0.39, 0.29) is 5.54 Å². The minimum Gasteiger partial charge on any atom is -0.322 e. The van der Waals surface area contributed by atoms with Crippen LogP contribution in [-0.4, -0.2) is 0 Å². The number of hydrogen-bond acceptors (Lipinski definition) is 1. The van der Waals surface area contributed by atoms with Crippen LogP contribution in [0.5, 0.6) is 0 Å². The van der Waals surface area contributed by atoms with Gasteiger partial charge < -0.3 is 5.73 Å². The molecule has 0 radical (unpaired) electrons. The maximum absolute atomic E-state index is 5.95. The Morgan fingerprint density at radius 2 is 1.50 bits per heavy atom. The van der Waals surface area contributed by atoms with Gasteiger partial charge in [0, 0.05) is 14.5 Å². The smallest absolute Gasteiger partial charge is 0.0353 e. The Balaban J connectivity index is 3.18. The lowest BCUT2D eigenvalue weighted by molar-refractivity contribution is 0.554. The SMILES string of the molecule is CC(C)(N)c1cc(Br)cc(Br)c1. The second-order valence-electron chi connectivity index (χ2n) is 3.38. The van der Waals surface area contributed by atoms with Crippen molar-refractivity contribution in [2.24, 2.45) is 5.73 Å². The van der Waals surface area contributed by atoms with Gasteiger partial charge >= 0.3 is 0 Å². The molecular formula is C9H11Br2N. The molecule has 0 heterocycles. The van der Waals surface area contributed by atoms with Crippen molar-refractivity contribution < 1.29 is 0 Å². The van der Waals surface area contributed by atoms with Gasteiger partial charge in [0.25, 0.3) is 0 Å². The molecule has 1 nitrogen and oxygen atoms in total. The van der Waals surface area contributed by atoms with E-state index in [2.05, 4.69) is 31.9 Å². The van der Waals surface area contributed by atoms with Gasteiger partial charge in [0.1, 0.15) is 0 Å². The predicted octanol–water partition coefficient (Wildman–Crippen LogP) is 3.41. The Morgan fingerprint density at radius 3 is 1.83 bits per heavy atom. The van der Waals surface area contributed by atoms with Crippen molar-refractivity contribution in [3.05, 3.63) is 32.7 Å². The van der Waals surface area contributed by atoms with E-state index in [1.54, 1.807) is 0 Å². The van der Waals surface area contributed by atoms with E-state index in [1.807, 2.05) is 32.0 Å². The maximum atomic E-state index is 5.95. The lowest BCUT2D eigenvalue weighted by atomic mass is 9.96. The quantitative estimate of drug-likeness (QED) is 0.843. The summed E-state index contributed by atoms with van der Waals surface area (Å²) in [5.74, 6) is 0. The number of benzene rings is 1. The fraction of sp³-hybridized carbons (Fsp3) is 0.333. The standard InChI is InChI=1S/C9H11Br2N/c1-9(2,12)6-3-7(10)5-8(11)4-6/h3-5H,12H2,1-2H3. The molecule has 0 aliphatic carbocycles. The molecule has 0 atom stereocenters. The number of hydrogen-bond donors (Lipinski definition) is 1. The van der Waals surface area contributed by atoms with Crippen molar-refractivity contribution in [1.29, 1.82) is 0 Å². The lowest BCUT2D eigenvalue weighted by Gasteiger charge is -2.19. The van der Waals surface area contributed by atoms with Crippen molar-refractivity contribution in [3.63, 3.8) is 0 Å². The Labute approximate surface area is 89.6 Å². The number of halogens is 2. The zero-order valence-electron chi connectivity index (χ0n) is 7.07. The monoisotopic (exact) mass is 291 g/mol. The summed E-state index contributed by atoms with van der Waals surface area (Å²) in [6.07, 6.45) is 0. The molecule has 0 bridgehead atoms. The van der Waals surface area contributed by atoms with E-state index in [4.69, 9.17) is 5.73 Å². The molecule has 1 rings (SSSR count). The summed E-state index contributed by atoms with van der Waals surface area (Å²) in [5.41, 5.74) is 6.78. The summed E-state index contributed by atoms with van der Waals surface area (Å²) in [7, 11) is 0. The topological polar surface area (TPSA) is 26.0 Å². The predicted molar refractivity (Wildman–Crippen MR) is 59.1 cm³/mol. The van der Waals surface area contributed by atoms with Crippen LogP contribution in [0.25, 0.3) is 0 Å². The zero-order valence-corrected chi connectivity index (χ0v) is 10.2. The van der Waals surface area contributed by atoms with Crippen molar-refractivity contribution in [2.45, 2.75) is 19.4 Å². The highest BCUT2D eigenvalue weighted by Crippen LogP contribution is 2.25. The van der Waals surface area contributed by atoms with Crippen LogP contribution in [0.15, 0.2) is 27.1 Å². The average molecular weight is 293 g/mol. The first-order chi connectivity index (χ1) is 5.39. The molecule has 0 amide bonds. The Bertz CT molecular complexity index is 269. The molecular weight excluding hydrogens is 282 g/mol. The Kier molecular flexibility index (Phi) is 2.97. The van der Waals surface area contributed by atoms with E-state index >= 15 is 0 Å². The first-order valence-electron chi connectivity index (χ1n) is 3.65. The summed E-state index contributed by atoms with van der Waals surface area (Å²) >= 11 is 6.84. The van der Waals surface area contributed by atoms with E-state index in [1.165, 1.54) is 0 Å². The molecule has 12 heavy (non-hydrogen) atoms. The van der Waals surface area contributed by atoms with Crippen LogP contribution in [0.3, 0.4) is 0 Å². The highest BCUT2D eigenvalue weighted by molar-refractivity contribution is 9.11. The molecule has 1 aromatic rings. The van der Waals surface area contributed by atoms with E-state index in [0.29, 0.717) is 0 Å². The van der Waals surface area contributed by atoms with Crippen LogP contribution in [0, 0.1) is 0 Å². The minimum atomic E-state index is -0.285. The van der Waals surface area contributed by atoms with Crippen LogP contribution >= 0.6 is 31.9 Å². The summed E-state index contributed by atoms with van der Waals surface area (Å²) < 4.78 is 2.09. The van der Waals surface area contributed by atoms with Crippen LogP contribution in [0.4, 0.5) is 0 Å². The van der Waals surface area contributed by atoms with Gasteiger partial charge in [-0.05, 0) is 37.6 Å². The van der Waals surface area contributed by atoms with E-state index < -0.39 is 0 Å². The van der Waals surface area contributed by atoms with E-state index in [9.17, 15) is 0 Å². The number of nitrogens with two attached hydrogens (primary N) is 1. The highest BCUT2D eigenvalue weighted by atomic mass is 79.9. The van der Waals surface area contributed by atoms with Crippen molar-refractivity contribution in [2.75, 3.05) is 0 Å². The lowest BCUT2D eigenvalue weighted by Crippen LogP contribution is -2.28. The normalized spacial score (nSPS) is 11.8. The maximum Gasteiger partial charge on any atom is 0.0353 e. The van der Waals surface area contributed by atoms with Gasteiger partial charge in [-0.25, -0.2) is 0 Å². The molecule has 0 aliphatic rings. The molecule has 0 unspecified atom stereocenters. The van der Waals surface area contributed by atoms with Gasteiger partial charge in [0.15, 0.2) is 0 Å².